The predicted molar refractivity (Wildman–Crippen MR) is 62.2 cm³/mol. The second kappa shape index (κ2) is 4.61. The van der Waals surface area contributed by atoms with Gasteiger partial charge in [0.25, 0.3) is 0 Å². The van der Waals surface area contributed by atoms with Crippen molar-refractivity contribution >= 4 is 0 Å². The minimum Gasteiger partial charge on any atom is -0.327 e. The fourth-order valence-corrected chi connectivity index (χ4v) is 1.78. The number of hydrogen-bond acceptors (Lipinski definition) is 1. The van der Waals surface area contributed by atoms with Gasteiger partial charge in [-0.25, -0.2) is 0 Å². The van der Waals surface area contributed by atoms with Crippen LogP contribution in [0.1, 0.15) is 32.8 Å². The van der Waals surface area contributed by atoms with E-state index in [4.69, 9.17) is 5.73 Å². The van der Waals surface area contributed by atoms with Crippen LogP contribution in [0, 0.1) is 5.41 Å². The fourth-order valence-electron chi connectivity index (χ4n) is 1.78. The third kappa shape index (κ3) is 4.43. The van der Waals surface area contributed by atoms with E-state index >= 15 is 0 Å². The lowest BCUT2D eigenvalue weighted by Crippen LogP contribution is -2.28. The van der Waals surface area contributed by atoms with Gasteiger partial charge in [0.2, 0.25) is 0 Å². The molecule has 1 atom stereocenters. The van der Waals surface area contributed by atoms with E-state index in [0.29, 0.717) is 5.41 Å². The molecule has 0 aliphatic heterocycles. The first-order chi connectivity index (χ1) is 6.47. The molecule has 1 aromatic rings. The van der Waals surface area contributed by atoms with Gasteiger partial charge in [-0.3, -0.25) is 0 Å². The second-order valence-electron chi connectivity index (χ2n) is 5.21. The van der Waals surface area contributed by atoms with E-state index in [-0.39, 0.29) is 6.04 Å². The number of hydrogen-bond donors (Lipinski definition) is 1. The van der Waals surface area contributed by atoms with Gasteiger partial charge in [0.1, 0.15) is 0 Å². The van der Waals surface area contributed by atoms with Crippen LogP contribution in [0.3, 0.4) is 0 Å². The molecule has 0 saturated heterocycles. The smallest absolute Gasteiger partial charge is 0.00843 e. The average Bonchev–Trinajstić information content (AvgIpc) is 2.02. The third-order valence-corrected chi connectivity index (χ3v) is 2.22. The van der Waals surface area contributed by atoms with Gasteiger partial charge >= 0.3 is 0 Å². The molecule has 14 heavy (non-hydrogen) atoms. The van der Waals surface area contributed by atoms with Gasteiger partial charge in [-0.2, -0.15) is 0 Å². The fraction of sp³-hybridized carbons (Fsp3) is 0.538. The van der Waals surface area contributed by atoms with Crippen LogP contribution in [0.5, 0.6) is 0 Å². The standard InChI is InChI=1S/C13H21N/c1-13(2,3)10-12(14)9-11-7-5-4-6-8-11/h4-8,12H,9-10,14H2,1-3H3. The number of nitrogens with two attached hydrogens (primary N) is 1. The summed E-state index contributed by atoms with van der Waals surface area (Å²) in [5.41, 5.74) is 7.76. The SMILES string of the molecule is CC(C)(C)CC(N)Cc1ccccc1. The topological polar surface area (TPSA) is 26.0 Å². The van der Waals surface area contributed by atoms with E-state index in [1.54, 1.807) is 0 Å². The average molecular weight is 191 g/mol. The highest BCUT2D eigenvalue weighted by atomic mass is 14.6. The van der Waals surface area contributed by atoms with E-state index in [2.05, 4.69) is 45.0 Å². The third-order valence-electron chi connectivity index (χ3n) is 2.22. The highest BCUT2D eigenvalue weighted by Gasteiger charge is 2.15. The number of rotatable bonds is 3. The van der Waals surface area contributed by atoms with Crippen molar-refractivity contribution in [1.82, 2.24) is 0 Å². The molecule has 1 rings (SSSR count). The Hall–Kier alpha value is -0.820. The van der Waals surface area contributed by atoms with Crippen molar-refractivity contribution in [3.05, 3.63) is 35.9 Å². The van der Waals surface area contributed by atoms with Crippen molar-refractivity contribution in [2.24, 2.45) is 11.1 Å². The summed E-state index contributed by atoms with van der Waals surface area (Å²) < 4.78 is 0. The zero-order valence-corrected chi connectivity index (χ0v) is 9.46. The molecule has 1 aromatic carbocycles. The van der Waals surface area contributed by atoms with Crippen molar-refractivity contribution in [2.45, 2.75) is 39.7 Å². The van der Waals surface area contributed by atoms with Crippen LogP contribution in [0.25, 0.3) is 0 Å². The maximum Gasteiger partial charge on any atom is 0.00843 e. The van der Waals surface area contributed by atoms with Gasteiger partial charge in [-0.1, -0.05) is 51.1 Å². The zero-order chi connectivity index (χ0) is 10.6. The van der Waals surface area contributed by atoms with Crippen molar-refractivity contribution < 1.29 is 0 Å². The second-order valence-corrected chi connectivity index (χ2v) is 5.21. The summed E-state index contributed by atoms with van der Waals surface area (Å²) in [7, 11) is 0. The summed E-state index contributed by atoms with van der Waals surface area (Å²) in [6.45, 7) is 6.70. The molecule has 0 aliphatic carbocycles. The lowest BCUT2D eigenvalue weighted by atomic mass is 9.86. The minimum atomic E-state index is 0.275. The Morgan fingerprint density at radius 2 is 1.71 bits per heavy atom. The van der Waals surface area contributed by atoms with Gasteiger partial charge in [-0.05, 0) is 23.8 Å². The Labute approximate surface area is 87.3 Å². The lowest BCUT2D eigenvalue weighted by Gasteiger charge is -2.23. The Balaban J connectivity index is 2.46. The highest BCUT2D eigenvalue weighted by Crippen LogP contribution is 2.21. The van der Waals surface area contributed by atoms with Crippen LogP contribution < -0.4 is 5.73 Å². The highest BCUT2D eigenvalue weighted by molar-refractivity contribution is 5.15. The van der Waals surface area contributed by atoms with E-state index in [1.807, 2.05) is 6.07 Å². The molecule has 1 heteroatoms. The predicted octanol–water partition coefficient (Wildman–Crippen LogP) is 2.99. The maximum atomic E-state index is 6.09. The van der Waals surface area contributed by atoms with E-state index in [9.17, 15) is 0 Å². The van der Waals surface area contributed by atoms with Gasteiger partial charge < -0.3 is 5.73 Å². The Morgan fingerprint density at radius 3 is 2.21 bits per heavy atom. The summed E-state index contributed by atoms with van der Waals surface area (Å²) >= 11 is 0. The summed E-state index contributed by atoms with van der Waals surface area (Å²) in [6, 6.07) is 10.7. The van der Waals surface area contributed by atoms with Crippen LogP contribution in [0.4, 0.5) is 0 Å². The first kappa shape index (κ1) is 11.3. The van der Waals surface area contributed by atoms with Crippen LogP contribution in [0.2, 0.25) is 0 Å². The van der Waals surface area contributed by atoms with Crippen molar-refractivity contribution in [3.8, 4) is 0 Å². The molecule has 78 valence electrons. The molecule has 0 spiro atoms. The Kier molecular flexibility index (Phi) is 3.70. The van der Waals surface area contributed by atoms with E-state index in [0.717, 1.165) is 12.8 Å². The quantitative estimate of drug-likeness (QED) is 0.781. The molecule has 0 aliphatic rings. The molecule has 0 aromatic heterocycles. The molecule has 0 radical (unpaired) electrons. The molecular formula is C13H21N. The van der Waals surface area contributed by atoms with Gasteiger partial charge in [0, 0.05) is 6.04 Å². The van der Waals surface area contributed by atoms with Crippen LogP contribution >= 0.6 is 0 Å². The molecular weight excluding hydrogens is 170 g/mol. The maximum absolute atomic E-state index is 6.09. The largest absolute Gasteiger partial charge is 0.327 e. The van der Waals surface area contributed by atoms with Gasteiger partial charge in [0.15, 0.2) is 0 Å². The first-order valence-corrected chi connectivity index (χ1v) is 5.27. The molecule has 0 amide bonds. The van der Waals surface area contributed by atoms with Crippen LogP contribution in [0.15, 0.2) is 30.3 Å². The molecule has 0 bridgehead atoms. The molecule has 0 saturated carbocycles. The Morgan fingerprint density at radius 1 is 1.14 bits per heavy atom. The van der Waals surface area contributed by atoms with Crippen molar-refractivity contribution in [3.63, 3.8) is 0 Å². The molecule has 0 heterocycles. The minimum absolute atomic E-state index is 0.275. The summed E-state index contributed by atoms with van der Waals surface area (Å²) in [6.07, 6.45) is 2.06. The summed E-state index contributed by atoms with van der Waals surface area (Å²) in [5, 5.41) is 0. The molecule has 1 nitrogen and oxygen atoms in total. The Bertz CT molecular complexity index is 258. The van der Waals surface area contributed by atoms with Crippen LogP contribution in [-0.2, 0) is 6.42 Å². The van der Waals surface area contributed by atoms with E-state index < -0.39 is 0 Å². The monoisotopic (exact) mass is 191 g/mol. The lowest BCUT2D eigenvalue weighted by molar-refractivity contribution is 0.338. The van der Waals surface area contributed by atoms with Crippen LogP contribution in [-0.4, -0.2) is 6.04 Å². The van der Waals surface area contributed by atoms with E-state index in [1.165, 1.54) is 5.56 Å². The zero-order valence-electron chi connectivity index (χ0n) is 9.46. The molecule has 0 fully saturated rings. The summed E-state index contributed by atoms with van der Waals surface area (Å²) in [4.78, 5) is 0. The molecule has 2 N–H and O–H groups in total. The van der Waals surface area contributed by atoms with Crippen molar-refractivity contribution in [2.75, 3.05) is 0 Å². The normalized spacial score (nSPS) is 14.0. The summed E-state index contributed by atoms with van der Waals surface area (Å²) in [5.74, 6) is 0. The number of benzene rings is 1. The van der Waals surface area contributed by atoms with Gasteiger partial charge in [-0.15, -0.1) is 0 Å². The first-order valence-electron chi connectivity index (χ1n) is 5.27. The van der Waals surface area contributed by atoms with Crippen molar-refractivity contribution in [1.29, 1.82) is 0 Å². The molecule has 1 unspecified atom stereocenters. The van der Waals surface area contributed by atoms with Gasteiger partial charge in [0.05, 0.1) is 0 Å².